The van der Waals surface area contributed by atoms with Gasteiger partial charge in [0.25, 0.3) is 5.91 Å². The molecular formula is C21H23ClFN3O3. The van der Waals surface area contributed by atoms with Crippen molar-refractivity contribution in [2.45, 2.75) is 31.6 Å². The van der Waals surface area contributed by atoms with Crippen LogP contribution in [0.3, 0.4) is 0 Å². The van der Waals surface area contributed by atoms with Crippen molar-refractivity contribution in [3.05, 3.63) is 70.5 Å². The molecule has 154 valence electrons. The highest BCUT2D eigenvalue weighted by Gasteiger charge is 2.50. The molecule has 2 aromatic rings. The summed E-state index contributed by atoms with van der Waals surface area (Å²) in [6, 6.07) is 13.1. The van der Waals surface area contributed by atoms with Crippen LogP contribution in [0.4, 0.5) is 4.39 Å². The Hall–Kier alpha value is -2.48. The van der Waals surface area contributed by atoms with Gasteiger partial charge in [0.15, 0.2) is 0 Å². The molecule has 0 aliphatic carbocycles. The Morgan fingerprint density at radius 3 is 2.72 bits per heavy atom. The zero-order chi connectivity index (χ0) is 21.0. The number of benzene rings is 2. The van der Waals surface area contributed by atoms with Crippen LogP contribution in [-0.2, 0) is 20.0 Å². The van der Waals surface area contributed by atoms with Gasteiger partial charge < -0.3 is 15.2 Å². The molecule has 1 aliphatic rings. The van der Waals surface area contributed by atoms with Gasteiger partial charge in [0.2, 0.25) is 11.6 Å². The molecule has 29 heavy (non-hydrogen) atoms. The molecule has 6 nitrogen and oxygen atoms in total. The fraction of sp³-hybridized carbons (Fsp3) is 0.333. The van der Waals surface area contributed by atoms with E-state index < -0.39 is 23.6 Å². The third-order valence-corrected chi connectivity index (χ3v) is 5.14. The quantitative estimate of drug-likeness (QED) is 0.743. The second kappa shape index (κ2) is 8.90. The minimum absolute atomic E-state index is 0.0621. The molecule has 0 fully saturated rings. The van der Waals surface area contributed by atoms with Gasteiger partial charge in [-0.15, -0.1) is 5.10 Å². The lowest BCUT2D eigenvalue weighted by molar-refractivity contribution is -0.162. The topological polar surface area (TPSA) is 77.1 Å². The second-order valence-corrected chi connectivity index (χ2v) is 7.11. The molecule has 0 saturated heterocycles. The van der Waals surface area contributed by atoms with Crippen molar-refractivity contribution in [3.8, 4) is 0 Å². The molecule has 0 spiro atoms. The van der Waals surface area contributed by atoms with Gasteiger partial charge in [-0.3, -0.25) is 4.79 Å². The summed E-state index contributed by atoms with van der Waals surface area (Å²) in [5, 5.41) is 5.95. The van der Waals surface area contributed by atoms with Crippen molar-refractivity contribution in [1.82, 2.24) is 5.01 Å². The molecule has 0 bridgehead atoms. The van der Waals surface area contributed by atoms with E-state index in [1.807, 2.05) is 30.3 Å². The number of hydrazone groups is 1. The van der Waals surface area contributed by atoms with Gasteiger partial charge in [-0.25, -0.2) is 4.39 Å². The summed E-state index contributed by atoms with van der Waals surface area (Å²) in [7, 11) is 1.44. The lowest BCUT2D eigenvalue weighted by Gasteiger charge is -2.36. The standard InChI is InChI=1S/C21H23ClFN3O3/c1-14(28-2)20(27)26-21(11-6-12-24,15-7-4-3-5-8-15)29-19(25-26)17-13-16(23)9-10-18(17)22/h3-5,7-10,13-14H,6,11-12,24H2,1-2H3/t14-,21?/m0/s1. The monoisotopic (exact) mass is 419 g/mol. The SMILES string of the molecule is CO[C@@H](C)C(=O)N1N=C(c2cc(F)ccc2Cl)OC1(CCCN)c1ccccc1. The zero-order valence-corrected chi connectivity index (χ0v) is 17.0. The Balaban J connectivity index is 2.15. The van der Waals surface area contributed by atoms with Crippen LogP contribution >= 0.6 is 11.6 Å². The maximum Gasteiger partial charge on any atom is 0.275 e. The van der Waals surface area contributed by atoms with Crippen molar-refractivity contribution in [2.24, 2.45) is 10.8 Å². The van der Waals surface area contributed by atoms with Crippen molar-refractivity contribution >= 4 is 23.4 Å². The number of carbonyl (C=O) groups is 1. The molecule has 1 aliphatic heterocycles. The summed E-state index contributed by atoms with van der Waals surface area (Å²) in [6.07, 6.45) is 0.195. The number of nitrogens with zero attached hydrogens (tertiary/aromatic N) is 2. The van der Waals surface area contributed by atoms with Crippen LogP contribution < -0.4 is 5.73 Å². The van der Waals surface area contributed by atoms with Gasteiger partial charge in [0.05, 0.1) is 10.6 Å². The lowest BCUT2D eigenvalue weighted by atomic mass is 9.96. The highest BCUT2D eigenvalue weighted by molar-refractivity contribution is 6.33. The van der Waals surface area contributed by atoms with Crippen LogP contribution in [-0.4, -0.2) is 36.6 Å². The highest BCUT2D eigenvalue weighted by Crippen LogP contribution is 2.41. The predicted octanol–water partition coefficient (Wildman–Crippen LogP) is 3.63. The van der Waals surface area contributed by atoms with E-state index in [0.717, 1.165) is 5.56 Å². The van der Waals surface area contributed by atoms with E-state index in [9.17, 15) is 9.18 Å². The number of hydrogen-bond donors (Lipinski definition) is 1. The van der Waals surface area contributed by atoms with Gasteiger partial charge in [-0.1, -0.05) is 41.9 Å². The van der Waals surface area contributed by atoms with Crippen molar-refractivity contribution < 1.29 is 18.7 Å². The van der Waals surface area contributed by atoms with Gasteiger partial charge in [-0.2, -0.15) is 5.01 Å². The summed E-state index contributed by atoms with van der Waals surface area (Å²) in [5.41, 5.74) is 5.49. The van der Waals surface area contributed by atoms with Crippen LogP contribution in [0.2, 0.25) is 5.02 Å². The number of rotatable bonds is 7. The average molecular weight is 420 g/mol. The molecule has 0 saturated carbocycles. The van der Waals surface area contributed by atoms with E-state index in [2.05, 4.69) is 5.10 Å². The van der Waals surface area contributed by atoms with Crippen LogP contribution in [0.25, 0.3) is 0 Å². The smallest absolute Gasteiger partial charge is 0.275 e. The predicted molar refractivity (Wildman–Crippen MR) is 109 cm³/mol. The van der Waals surface area contributed by atoms with Crippen LogP contribution in [0.5, 0.6) is 0 Å². The van der Waals surface area contributed by atoms with E-state index in [1.54, 1.807) is 6.92 Å². The highest BCUT2D eigenvalue weighted by atomic mass is 35.5. The number of methoxy groups -OCH3 is 1. The summed E-state index contributed by atoms with van der Waals surface area (Å²) < 4.78 is 25.4. The maximum atomic E-state index is 13.9. The molecular weight excluding hydrogens is 397 g/mol. The molecule has 0 radical (unpaired) electrons. The molecule has 2 atom stereocenters. The number of amides is 1. The first-order valence-electron chi connectivity index (χ1n) is 9.28. The number of carbonyl (C=O) groups excluding carboxylic acids is 1. The van der Waals surface area contributed by atoms with Crippen LogP contribution in [0.15, 0.2) is 53.6 Å². The molecule has 1 heterocycles. The molecule has 2 aromatic carbocycles. The molecule has 1 unspecified atom stereocenters. The first-order valence-corrected chi connectivity index (χ1v) is 9.66. The Bertz CT molecular complexity index is 909. The third kappa shape index (κ3) is 4.12. The molecule has 3 rings (SSSR count). The number of ether oxygens (including phenoxy) is 2. The minimum Gasteiger partial charge on any atom is -0.443 e. The van der Waals surface area contributed by atoms with Crippen molar-refractivity contribution in [3.63, 3.8) is 0 Å². The largest absolute Gasteiger partial charge is 0.443 e. The molecule has 8 heteroatoms. The summed E-state index contributed by atoms with van der Waals surface area (Å²) in [6.45, 7) is 2.03. The van der Waals surface area contributed by atoms with Gasteiger partial charge >= 0.3 is 0 Å². The van der Waals surface area contributed by atoms with Crippen LogP contribution in [0, 0.1) is 5.82 Å². The Labute approximate surface area is 174 Å². The normalized spacial score (nSPS) is 19.6. The molecule has 0 aromatic heterocycles. The fourth-order valence-corrected chi connectivity index (χ4v) is 3.39. The van der Waals surface area contributed by atoms with E-state index in [1.165, 1.54) is 30.3 Å². The van der Waals surface area contributed by atoms with E-state index in [-0.39, 0.29) is 16.5 Å². The average Bonchev–Trinajstić information content (AvgIpc) is 3.14. The minimum atomic E-state index is -1.24. The van der Waals surface area contributed by atoms with Crippen molar-refractivity contribution in [2.75, 3.05) is 13.7 Å². The third-order valence-electron chi connectivity index (χ3n) is 4.81. The summed E-state index contributed by atoms with van der Waals surface area (Å²) in [5.74, 6) is -0.819. The van der Waals surface area contributed by atoms with Gasteiger partial charge in [0, 0.05) is 19.1 Å². The van der Waals surface area contributed by atoms with E-state index in [0.29, 0.717) is 19.4 Å². The fourth-order valence-electron chi connectivity index (χ4n) is 3.19. The Morgan fingerprint density at radius 1 is 1.34 bits per heavy atom. The van der Waals surface area contributed by atoms with E-state index >= 15 is 0 Å². The second-order valence-electron chi connectivity index (χ2n) is 6.70. The number of nitrogens with two attached hydrogens (primary N) is 1. The lowest BCUT2D eigenvalue weighted by Crippen LogP contribution is -2.48. The number of hydrogen-bond acceptors (Lipinski definition) is 5. The summed E-state index contributed by atoms with van der Waals surface area (Å²) in [4.78, 5) is 13.1. The number of halogens is 2. The Morgan fingerprint density at radius 2 is 2.07 bits per heavy atom. The molecule has 2 N–H and O–H groups in total. The van der Waals surface area contributed by atoms with Crippen molar-refractivity contribution in [1.29, 1.82) is 0 Å². The Kier molecular flexibility index (Phi) is 6.52. The molecule has 1 amide bonds. The summed E-state index contributed by atoms with van der Waals surface area (Å²) >= 11 is 6.26. The first-order chi connectivity index (χ1) is 13.9. The van der Waals surface area contributed by atoms with Crippen LogP contribution in [0.1, 0.15) is 30.9 Å². The first kappa shape index (κ1) is 21.2. The zero-order valence-electron chi connectivity index (χ0n) is 16.3. The van der Waals surface area contributed by atoms with Gasteiger partial charge in [0.1, 0.15) is 11.9 Å². The van der Waals surface area contributed by atoms with Gasteiger partial charge in [-0.05, 0) is 38.1 Å². The van der Waals surface area contributed by atoms with E-state index in [4.69, 9.17) is 26.8 Å². The maximum absolute atomic E-state index is 13.9.